The number of hydrogen-bond donors (Lipinski definition) is 2. The molecule has 0 unspecified atom stereocenters. The predicted molar refractivity (Wildman–Crippen MR) is 87.9 cm³/mol. The fourth-order valence-electron chi connectivity index (χ4n) is 7.50. The van der Waals surface area contributed by atoms with Crippen LogP contribution in [0.1, 0.15) is 58.8 Å². The van der Waals surface area contributed by atoms with Crippen LogP contribution in [0, 0.1) is 39.9 Å². The van der Waals surface area contributed by atoms with Gasteiger partial charge in [0.25, 0.3) is 0 Å². The minimum atomic E-state index is -0.241. The van der Waals surface area contributed by atoms with Crippen molar-refractivity contribution in [3.63, 3.8) is 0 Å². The lowest BCUT2D eigenvalue weighted by molar-refractivity contribution is -0.116. The zero-order chi connectivity index (χ0) is 16.9. The van der Waals surface area contributed by atoms with Gasteiger partial charge in [-0.15, -0.1) is 0 Å². The van der Waals surface area contributed by atoms with E-state index >= 15 is 0 Å². The summed E-state index contributed by atoms with van der Waals surface area (Å²) >= 11 is 0. The molecule has 24 heavy (non-hydrogen) atoms. The van der Waals surface area contributed by atoms with E-state index in [-0.39, 0.29) is 34.4 Å². The van der Waals surface area contributed by atoms with Crippen LogP contribution in [0.5, 0.6) is 0 Å². The summed E-state index contributed by atoms with van der Waals surface area (Å²) in [5.74, 6) is 1.96. The fraction of sp³-hybridized carbons (Fsp3) is 0.850. The SMILES string of the molecule is C[C@]12CC[C@H]3[C@@H](CC[C@@]45O[C@@H]4C(O)=C(C#N)C[C@@]35C)[C@@H]1CC[C@@H]2O. The van der Waals surface area contributed by atoms with Crippen molar-refractivity contribution in [3.8, 4) is 6.07 Å². The lowest BCUT2D eigenvalue weighted by Gasteiger charge is -2.58. The molecule has 4 aliphatic carbocycles. The minimum absolute atomic E-state index is 0.0489. The number of aliphatic hydroxyl groups excluding tert-OH is 2. The average Bonchev–Trinajstić information content (AvgIpc) is 3.23. The molecule has 0 amide bonds. The Bertz CT molecular complexity index is 681. The first kappa shape index (κ1) is 15.2. The molecule has 4 heteroatoms. The maximum absolute atomic E-state index is 10.5. The molecule has 2 N–H and O–H groups in total. The molecule has 0 aromatic heterocycles. The van der Waals surface area contributed by atoms with Crippen molar-refractivity contribution in [1.82, 2.24) is 0 Å². The van der Waals surface area contributed by atoms with Crippen LogP contribution in [0.15, 0.2) is 11.3 Å². The third-order valence-corrected chi connectivity index (χ3v) is 8.95. The van der Waals surface area contributed by atoms with Gasteiger partial charge in [0.1, 0.15) is 17.5 Å². The Labute approximate surface area is 143 Å². The molecule has 5 aliphatic rings. The summed E-state index contributed by atoms with van der Waals surface area (Å²) in [4.78, 5) is 0. The highest BCUT2D eigenvalue weighted by atomic mass is 16.6. The van der Waals surface area contributed by atoms with Crippen LogP contribution in [0.3, 0.4) is 0 Å². The van der Waals surface area contributed by atoms with E-state index < -0.39 is 0 Å². The predicted octanol–water partition coefficient (Wildman–Crippen LogP) is 3.47. The van der Waals surface area contributed by atoms with Crippen molar-refractivity contribution < 1.29 is 14.9 Å². The van der Waals surface area contributed by atoms with Crippen molar-refractivity contribution in [3.05, 3.63) is 11.3 Å². The molecule has 4 nitrogen and oxygen atoms in total. The Balaban J connectivity index is 1.55. The van der Waals surface area contributed by atoms with Crippen LogP contribution in [-0.2, 0) is 4.74 Å². The van der Waals surface area contributed by atoms with E-state index in [1.54, 1.807) is 0 Å². The molecular formula is C20H27NO3. The van der Waals surface area contributed by atoms with E-state index in [0.29, 0.717) is 29.7 Å². The van der Waals surface area contributed by atoms with Crippen molar-refractivity contribution in [2.45, 2.75) is 76.6 Å². The van der Waals surface area contributed by atoms with Crippen molar-refractivity contribution in [2.75, 3.05) is 0 Å². The number of nitrogens with zero attached hydrogens (tertiary/aromatic N) is 1. The van der Waals surface area contributed by atoms with E-state index in [2.05, 4.69) is 19.9 Å². The lowest BCUT2D eigenvalue weighted by atomic mass is 9.45. The molecule has 0 aromatic rings. The highest BCUT2D eigenvalue weighted by molar-refractivity contribution is 5.41. The molecule has 1 spiro atoms. The summed E-state index contributed by atoms with van der Waals surface area (Å²) in [6.45, 7) is 4.60. The van der Waals surface area contributed by atoms with E-state index in [9.17, 15) is 15.5 Å². The van der Waals surface area contributed by atoms with Crippen LogP contribution in [0.25, 0.3) is 0 Å². The van der Waals surface area contributed by atoms with Gasteiger partial charge in [0.2, 0.25) is 0 Å². The second-order valence-electron chi connectivity index (χ2n) is 9.51. The van der Waals surface area contributed by atoms with Gasteiger partial charge in [-0.2, -0.15) is 5.26 Å². The number of fused-ring (bicyclic) bond motifs is 4. The summed E-state index contributed by atoms with van der Waals surface area (Å²) in [6.07, 6.45) is 6.65. The summed E-state index contributed by atoms with van der Waals surface area (Å²) in [7, 11) is 0. The van der Waals surface area contributed by atoms with Gasteiger partial charge in [0.05, 0.1) is 17.7 Å². The second kappa shape index (κ2) is 4.37. The first-order valence-electron chi connectivity index (χ1n) is 9.55. The number of aliphatic hydroxyl groups is 2. The summed E-state index contributed by atoms with van der Waals surface area (Å²) < 4.78 is 6.11. The Morgan fingerprint density at radius 2 is 1.92 bits per heavy atom. The smallest absolute Gasteiger partial charge is 0.146 e. The quantitative estimate of drug-likeness (QED) is 0.667. The first-order chi connectivity index (χ1) is 11.4. The van der Waals surface area contributed by atoms with Crippen LogP contribution >= 0.6 is 0 Å². The molecule has 8 atom stereocenters. The van der Waals surface area contributed by atoms with Gasteiger partial charge in [0, 0.05) is 5.41 Å². The number of allylic oxidation sites excluding steroid dienone is 1. The maximum atomic E-state index is 10.5. The molecule has 0 bridgehead atoms. The van der Waals surface area contributed by atoms with Crippen LogP contribution < -0.4 is 0 Å². The molecule has 1 saturated heterocycles. The van der Waals surface area contributed by atoms with Crippen LogP contribution in [0.4, 0.5) is 0 Å². The highest BCUT2D eigenvalue weighted by Gasteiger charge is 2.76. The number of epoxide rings is 1. The Kier molecular flexibility index (Phi) is 2.77. The molecule has 3 saturated carbocycles. The standard InChI is InChI=1S/C20H27NO3/c1-18-7-6-14-12(13(18)3-4-15(18)22)5-8-20-17(24-20)16(23)11(10-21)9-19(14,20)2/h12-15,17,22-23H,3-9H2,1-2H3/t12-,13-,14-,15-,17+,18-,19-,20+/m0/s1. The first-order valence-corrected chi connectivity index (χ1v) is 9.55. The number of nitriles is 1. The zero-order valence-electron chi connectivity index (χ0n) is 14.6. The molecular weight excluding hydrogens is 302 g/mol. The molecule has 1 heterocycles. The molecule has 0 aromatic carbocycles. The van der Waals surface area contributed by atoms with E-state index in [4.69, 9.17) is 4.74 Å². The Hall–Kier alpha value is -1.05. The topological polar surface area (TPSA) is 76.8 Å². The number of rotatable bonds is 0. The minimum Gasteiger partial charge on any atom is -0.508 e. The largest absolute Gasteiger partial charge is 0.508 e. The third kappa shape index (κ3) is 1.48. The summed E-state index contributed by atoms with van der Waals surface area (Å²) in [5, 5.41) is 30.4. The van der Waals surface area contributed by atoms with Gasteiger partial charge >= 0.3 is 0 Å². The van der Waals surface area contributed by atoms with Crippen molar-refractivity contribution >= 4 is 0 Å². The van der Waals surface area contributed by atoms with Crippen LogP contribution in [-0.4, -0.2) is 28.0 Å². The summed E-state index contributed by atoms with van der Waals surface area (Å²) in [5.41, 5.74) is 0.336. The van der Waals surface area contributed by atoms with E-state index in [1.165, 1.54) is 0 Å². The molecule has 4 fully saturated rings. The zero-order valence-corrected chi connectivity index (χ0v) is 14.6. The monoisotopic (exact) mass is 329 g/mol. The van der Waals surface area contributed by atoms with Gasteiger partial charge in [0.15, 0.2) is 0 Å². The lowest BCUT2D eigenvalue weighted by Crippen LogP contribution is -2.57. The van der Waals surface area contributed by atoms with Crippen LogP contribution in [0.2, 0.25) is 0 Å². The Morgan fingerprint density at radius 1 is 1.12 bits per heavy atom. The van der Waals surface area contributed by atoms with Crippen molar-refractivity contribution in [2.24, 2.45) is 28.6 Å². The third-order valence-electron chi connectivity index (χ3n) is 8.95. The normalized spacial score (nSPS) is 58.2. The number of hydrogen-bond acceptors (Lipinski definition) is 4. The molecule has 0 radical (unpaired) electrons. The van der Waals surface area contributed by atoms with Gasteiger partial charge < -0.3 is 14.9 Å². The molecule has 1 aliphatic heterocycles. The number of ether oxygens (including phenoxy) is 1. The average molecular weight is 329 g/mol. The van der Waals surface area contributed by atoms with Gasteiger partial charge in [-0.1, -0.05) is 13.8 Å². The molecule has 130 valence electrons. The molecule has 5 rings (SSSR count). The fourth-order valence-corrected chi connectivity index (χ4v) is 7.50. The van der Waals surface area contributed by atoms with Gasteiger partial charge in [-0.3, -0.25) is 0 Å². The van der Waals surface area contributed by atoms with Gasteiger partial charge in [-0.05, 0) is 68.1 Å². The Morgan fingerprint density at radius 3 is 2.67 bits per heavy atom. The highest BCUT2D eigenvalue weighted by Crippen LogP contribution is 2.73. The van der Waals surface area contributed by atoms with Gasteiger partial charge in [-0.25, -0.2) is 0 Å². The summed E-state index contributed by atoms with van der Waals surface area (Å²) in [6, 6.07) is 2.23. The van der Waals surface area contributed by atoms with Crippen molar-refractivity contribution in [1.29, 1.82) is 5.26 Å². The van der Waals surface area contributed by atoms with E-state index in [0.717, 1.165) is 38.5 Å². The van der Waals surface area contributed by atoms with E-state index in [1.807, 2.05) is 0 Å². The maximum Gasteiger partial charge on any atom is 0.146 e. The second-order valence-corrected chi connectivity index (χ2v) is 9.51.